The molecule has 3 fully saturated rings. The van der Waals surface area contributed by atoms with E-state index in [-0.39, 0.29) is 5.41 Å². The highest BCUT2D eigenvalue weighted by Gasteiger charge is 2.46. The highest BCUT2D eigenvalue weighted by molar-refractivity contribution is 5.95. The van der Waals surface area contributed by atoms with Gasteiger partial charge in [-0.05, 0) is 42.5 Å². The van der Waals surface area contributed by atoms with Crippen LogP contribution in [0, 0.1) is 5.92 Å². The third kappa shape index (κ3) is 2.10. The number of hydrogen-bond acceptors (Lipinski definition) is 3. The summed E-state index contributed by atoms with van der Waals surface area (Å²) in [6.07, 6.45) is 2.60. The Balaban J connectivity index is 1.61. The summed E-state index contributed by atoms with van der Waals surface area (Å²) >= 11 is 0. The molecule has 4 aliphatic rings. The van der Waals surface area contributed by atoms with Crippen LogP contribution in [0.3, 0.4) is 0 Å². The van der Waals surface area contributed by atoms with Crippen molar-refractivity contribution >= 4 is 5.71 Å². The molecule has 2 unspecified atom stereocenters. The van der Waals surface area contributed by atoms with E-state index in [0.717, 1.165) is 5.92 Å². The van der Waals surface area contributed by atoms with Crippen LogP contribution < -0.4 is 5.43 Å². The first-order valence-electron chi connectivity index (χ1n) is 8.21. The molecule has 0 amide bonds. The van der Waals surface area contributed by atoms with Crippen molar-refractivity contribution < 1.29 is 0 Å². The molecule has 1 aromatic rings. The molecular formula is C18H25N3. The minimum Gasteiger partial charge on any atom is -0.301 e. The van der Waals surface area contributed by atoms with Crippen LogP contribution in [0.1, 0.15) is 50.8 Å². The molecule has 21 heavy (non-hydrogen) atoms. The third-order valence-corrected chi connectivity index (χ3v) is 5.43. The Bertz CT molecular complexity index is 559. The lowest BCUT2D eigenvalue weighted by atomic mass is 9.78. The number of nitrogens with zero attached hydrogens (tertiary/aromatic N) is 2. The van der Waals surface area contributed by atoms with Gasteiger partial charge in [0.05, 0.1) is 17.8 Å². The summed E-state index contributed by atoms with van der Waals surface area (Å²) in [6.45, 7) is 9.29. The van der Waals surface area contributed by atoms with Crippen molar-refractivity contribution in [2.75, 3.05) is 13.1 Å². The Kier molecular flexibility index (Phi) is 2.90. The molecule has 112 valence electrons. The van der Waals surface area contributed by atoms with Gasteiger partial charge in [0.1, 0.15) is 0 Å². The number of rotatable bonds is 1. The second-order valence-corrected chi connectivity index (χ2v) is 7.77. The fourth-order valence-corrected chi connectivity index (χ4v) is 4.10. The fraction of sp³-hybridized carbons (Fsp3) is 0.611. The van der Waals surface area contributed by atoms with E-state index in [0.29, 0.717) is 12.1 Å². The highest BCUT2D eigenvalue weighted by Crippen LogP contribution is 2.39. The number of piperidine rings is 3. The van der Waals surface area contributed by atoms with Crippen LogP contribution in [-0.2, 0) is 5.41 Å². The van der Waals surface area contributed by atoms with E-state index < -0.39 is 0 Å². The fourth-order valence-electron chi connectivity index (χ4n) is 4.10. The summed E-state index contributed by atoms with van der Waals surface area (Å²) in [7, 11) is 0. The number of benzene rings is 1. The average molecular weight is 283 g/mol. The zero-order chi connectivity index (χ0) is 14.6. The predicted octanol–water partition coefficient (Wildman–Crippen LogP) is 3.08. The molecule has 4 heterocycles. The van der Waals surface area contributed by atoms with Crippen LogP contribution in [0.2, 0.25) is 0 Å². The lowest BCUT2D eigenvalue weighted by molar-refractivity contribution is 0.133. The van der Waals surface area contributed by atoms with Crippen LogP contribution in [0.4, 0.5) is 0 Å². The molecule has 2 atom stereocenters. The van der Waals surface area contributed by atoms with Gasteiger partial charge in [-0.15, -0.1) is 0 Å². The van der Waals surface area contributed by atoms with Crippen LogP contribution in [-0.4, -0.2) is 29.7 Å². The molecule has 0 aromatic heterocycles. The molecule has 1 N–H and O–H groups in total. The van der Waals surface area contributed by atoms with Gasteiger partial charge in [0.25, 0.3) is 0 Å². The van der Waals surface area contributed by atoms with E-state index in [4.69, 9.17) is 5.10 Å². The molecular weight excluding hydrogens is 258 g/mol. The van der Waals surface area contributed by atoms with Crippen molar-refractivity contribution in [2.24, 2.45) is 11.0 Å². The van der Waals surface area contributed by atoms with Gasteiger partial charge in [0.15, 0.2) is 0 Å². The summed E-state index contributed by atoms with van der Waals surface area (Å²) in [5.41, 5.74) is 7.83. The first kappa shape index (κ1) is 13.3. The van der Waals surface area contributed by atoms with Crippen molar-refractivity contribution in [1.82, 2.24) is 10.3 Å². The van der Waals surface area contributed by atoms with Crippen molar-refractivity contribution in [1.29, 1.82) is 0 Å². The van der Waals surface area contributed by atoms with Gasteiger partial charge in [0, 0.05) is 5.92 Å². The van der Waals surface area contributed by atoms with Crippen molar-refractivity contribution in [3.05, 3.63) is 35.4 Å². The van der Waals surface area contributed by atoms with Gasteiger partial charge in [-0.1, -0.05) is 45.0 Å². The smallest absolute Gasteiger partial charge is 0.0899 e. The first-order valence-corrected chi connectivity index (χ1v) is 8.21. The van der Waals surface area contributed by atoms with Crippen LogP contribution in [0.15, 0.2) is 29.4 Å². The zero-order valence-corrected chi connectivity index (χ0v) is 13.3. The van der Waals surface area contributed by atoms with E-state index in [1.165, 1.54) is 42.8 Å². The minimum atomic E-state index is 0.219. The van der Waals surface area contributed by atoms with E-state index in [2.05, 4.69) is 55.4 Å². The Morgan fingerprint density at radius 2 is 1.76 bits per heavy atom. The Labute approximate surface area is 127 Å². The second-order valence-electron chi connectivity index (χ2n) is 7.77. The van der Waals surface area contributed by atoms with Gasteiger partial charge < -0.3 is 5.43 Å². The predicted molar refractivity (Wildman–Crippen MR) is 86.5 cm³/mol. The number of hydrazone groups is 1. The normalized spacial score (nSPS) is 34.3. The van der Waals surface area contributed by atoms with E-state index in [1.807, 2.05) is 0 Å². The molecule has 0 saturated carbocycles. The Hall–Kier alpha value is -1.35. The summed E-state index contributed by atoms with van der Waals surface area (Å²) in [5.74, 6) is 0.728. The van der Waals surface area contributed by atoms with Gasteiger partial charge in [-0.25, -0.2) is 0 Å². The standard InChI is InChI=1S/C18H25N3/c1-18(2,3)14-6-4-12(5-7-14)15-17-16(20-19-15)13-8-10-21(17)11-9-13/h4-7,13,15,17,19H,8-11H2,1-3H3. The second kappa shape index (κ2) is 4.57. The summed E-state index contributed by atoms with van der Waals surface area (Å²) < 4.78 is 0. The molecule has 0 aliphatic carbocycles. The zero-order valence-electron chi connectivity index (χ0n) is 13.3. The van der Waals surface area contributed by atoms with Crippen LogP contribution >= 0.6 is 0 Å². The monoisotopic (exact) mass is 283 g/mol. The van der Waals surface area contributed by atoms with Gasteiger partial charge >= 0.3 is 0 Å². The Morgan fingerprint density at radius 1 is 1.10 bits per heavy atom. The molecule has 0 radical (unpaired) electrons. The van der Waals surface area contributed by atoms with E-state index in [9.17, 15) is 0 Å². The third-order valence-electron chi connectivity index (χ3n) is 5.43. The Morgan fingerprint density at radius 3 is 2.38 bits per heavy atom. The lowest BCUT2D eigenvalue weighted by Crippen LogP contribution is -2.56. The van der Waals surface area contributed by atoms with Gasteiger partial charge in [-0.3, -0.25) is 4.90 Å². The van der Waals surface area contributed by atoms with Crippen molar-refractivity contribution in [3.8, 4) is 0 Å². The minimum absolute atomic E-state index is 0.219. The number of hydrogen-bond donors (Lipinski definition) is 1. The highest BCUT2D eigenvalue weighted by atomic mass is 15.4. The molecule has 3 nitrogen and oxygen atoms in total. The van der Waals surface area contributed by atoms with Crippen LogP contribution in [0.25, 0.3) is 0 Å². The summed E-state index contributed by atoms with van der Waals surface area (Å²) in [6, 6.07) is 9.99. The van der Waals surface area contributed by atoms with Crippen LogP contribution in [0.5, 0.6) is 0 Å². The maximum atomic E-state index is 4.69. The quantitative estimate of drug-likeness (QED) is 0.857. The SMILES string of the molecule is CC(C)(C)c1ccc(C2NN=C3C4CCN(CC4)C32)cc1. The lowest BCUT2D eigenvalue weighted by Gasteiger charge is -2.45. The first-order chi connectivity index (χ1) is 10.0. The van der Waals surface area contributed by atoms with Crippen molar-refractivity contribution in [3.63, 3.8) is 0 Å². The maximum Gasteiger partial charge on any atom is 0.0899 e. The topological polar surface area (TPSA) is 27.6 Å². The molecule has 3 heteroatoms. The molecule has 5 rings (SSSR count). The van der Waals surface area contributed by atoms with E-state index >= 15 is 0 Å². The summed E-state index contributed by atoms with van der Waals surface area (Å²) in [4.78, 5) is 2.63. The maximum absolute atomic E-state index is 4.69. The number of nitrogens with one attached hydrogen (secondary N) is 1. The van der Waals surface area contributed by atoms with Crippen molar-refractivity contribution in [2.45, 2.75) is 51.1 Å². The molecule has 3 saturated heterocycles. The van der Waals surface area contributed by atoms with E-state index in [1.54, 1.807) is 0 Å². The molecule has 0 spiro atoms. The summed E-state index contributed by atoms with van der Waals surface area (Å²) in [5, 5.41) is 4.69. The molecule has 1 aromatic carbocycles. The van der Waals surface area contributed by atoms with Gasteiger partial charge in [-0.2, -0.15) is 5.10 Å². The largest absolute Gasteiger partial charge is 0.301 e. The molecule has 4 aliphatic heterocycles. The molecule has 2 bridgehead atoms. The number of fused-ring (bicyclic) bond motifs is 2. The van der Waals surface area contributed by atoms with Gasteiger partial charge in [0.2, 0.25) is 0 Å². The average Bonchev–Trinajstić information content (AvgIpc) is 2.95.